The topological polar surface area (TPSA) is 101 Å². The molecule has 29 heavy (non-hydrogen) atoms. The molecule has 0 radical (unpaired) electrons. The van der Waals surface area contributed by atoms with Gasteiger partial charge in [-0.1, -0.05) is 6.07 Å². The first-order valence-corrected chi connectivity index (χ1v) is 9.46. The maximum Gasteiger partial charge on any atom is 0.323 e. The van der Waals surface area contributed by atoms with Crippen molar-refractivity contribution in [3.05, 3.63) is 48.2 Å². The lowest BCUT2D eigenvalue weighted by Crippen LogP contribution is -2.48. The van der Waals surface area contributed by atoms with Gasteiger partial charge in [-0.05, 0) is 44.5 Å². The maximum absolute atomic E-state index is 12.6. The van der Waals surface area contributed by atoms with E-state index in [2.05, 4.69) is 10.3 Å². The predicted molar refractivity (Wildman–Crippen MR) is 107 cm³/mol. The van der Waals surface area contributed by atoms with E-state index in [0.29, 0.717) is 18.1 Å². The lowest BCUT2D eigenvalue weighted by atomic mass is 10.1. The third kappa shape index (κ3) is 5.37. The van der Waals surface area contributed by atoms with E-state index < -0.39 is 11.6 Å². The minimum Gasteiger partial charge on any atom is -0.493 e. The Morgan fingerprint density at radius 3 is 2.90 bits per heavy atom. The number of carboxylic acid groups (broad SMARTS) is 1. The van der Waals surface area contributed by atoms with Crippen LogP contribution >= 0.6 is 0 Å². The number of fused-ring (bicyclic) bond motifs is 1. The van der Waals surface area contributed by atoms with Gasteiger partial charge in [0.15, 0.2) is 5.60 Å². The number of benzene rings is 1. The highest BCUT2D eigenvalue weighted by molar-refractivity contribution is 5.88. The normalized spacial score (nSPS) is 15.1. The van der Waals surface area contributed by atoms with Crippen LogP contribution in [0.1, 0.15) is 25.8 Å². The van der Waals surface area contributed by atoms with Crippen LogP contribution in [0.5, 0.6) is 11.5 Å². The summed E-state index contributed by atoms with van der Waals surface area (Å²) in [5.74, 6) is 0.566. The number of carbonyl (C=O) groups is 2. The number of pyridine rings is 1. The van der Waals surface area contributed by atoms with Crippen molar-refractivity contribution >= 4 is 17.7 Å². The molecule has 1 aromatic carbocycles. The third-order valence-electron chi connectivity index (χ3n) is 4.45. The van der Waals surface area contributed by atoms with E-state index in [1.807, 2.05) is 18.2 Å². The van der Waals surface area contributed by atoms with E-state index >= 15 is 0 Å². The van der Waals surface area contributed by atoms with Gasteiger partial charge >= 0.3 is 5.97 Å². The van der Waals surface area contributed by atoms with Gasteiger partial charge in [-0.25, -0.2) is 4.98 Å². The summed E-state index contributed by atoms with van der Waals surface area (Å²) >= 11 is 0. The molecule has 2 aromatic rings. The maximum atomic E-state index is 12.6. The van der Waals surface area contributed by atoms with Crippen LogP contribution in [0.4, 0.5) is 5.82 Å². The molecule has 2 N–H and O–H groups in total. The smallest absolute Gasteiger partial charge is 0.323 e. The van der Waals surface area contributed by atoms with Crippen LogP contribution in [0.15, 0.2) is 42.6 Å². The van der Waals surface area contributed by atoms with E-state index in [9.17, 15) is 9.59 Å². The second-order valence-corrected chi connectivity index (χ2v) is 7.28. The van der Waals surface area contributed by atoms with Crippen LogP contribution in [0.3, 0.4) is 0 Å². The molecule has 8 nitrogen and oxygen atoms in total. The molecule has 1 aromatic heterocycles. The van der Waals surface area contributed by atoms with Gasteiger partial charge < -0.3 is 24.8 Å². The minimum absolute atomic E-state index is 0.179. The van der Waals surface area contributed by atoms with Gasteiger partial charge in [-0.2, -0.15) is 0 Å². The Labute approximate surface area is 169 Å². The number of aliphatic carboxylic acids is 1. The number of rotatable bonds is 8. The van der Waals surface area contributed by atoms with Gasteiger partial charge in [0.05, 0.1) is 13.2 Å². The molecule has 1 amide bonds. The van der Waals surface area contributed by atoms with Crippen LogP contribution in [0.25, 0.3) is 0 Å². The summed E-state index contributed by atoms with van der Waals surface area (Å²) in [5.41, 5.74) is -0.416. The van der Waals surface area contributed by atoms with Crippen LogP contribution in [0, 0.1) is 0 Å². The molecule has 0 saturated carbocycles. The lowest BCUT2D eigenvalue weighted by molar-refractivity contribution is -0.151. The van der Waals surface area contributed by atoms with E-state index in [1.165, 1.54) is 4.90 Å². The second kappa shape index (κ2) is 8.81. The van der Waals surface area contributed by atoms with Crippen molar-refractivity contribution in [2.75, 3.05) is 25.0 Å². The van der Waals surface area contributed by atoms with Crippen LogP contribution in [0.2, 0.25) is 0 Å². The summed E-state index contributed by atoms with van der Waals surface area (Å²) in [7, 11) is 0. The molecule has 0 unspecified atom stereocenters. The van der Waals surface area contributed by atoms with Crippen molar-refractivity contribution in [3.63, 3.8) is 0 Å². The van der Waals surface area contributed by atoms with Crippen molar-refractivity contribution in [2.45, 2.75) is 32.4 Å². The number of ether oxygens (including phenoxy) is 2. The third-order valence-corrected chi connectivity index (χ3v) is 4.45. The molecule has 0 aliphatic carbocycles. The molecule has 154 valence electrons. The zero-order chi connectivity index (χ0) is 20.9. The highest BCUT2D eigenvalue weighted by Crippen LogP contribution is 2.33. The first kappa shape index (κ1) is 20.4. The van der Waals surface area contributed by atoms with Crippen LogP contribution in [-0.2, 0) is 16.1 Å². The van der Waals surface area contributed by atoms with E-state index in [1.54, 1.807) is 38.2 Å². The molecular formula is C21H25N3O5. The zero-order valence-corrected chi connectivity index (χ0v) is 16.6. The number of amides is 1. The molecule has 0 bridgehead atoms. The predicted octanol–water partition coefficient (Wildman–Crippen LogP) is 2.55. The lowest BCUT2D eigenvalue weighted by Gasteiger charge is -2.27. The standard InChI is InChI=1S/C21H25N3O5/c1-21(2)20(27)24(14-19(25)26)13-15-7-8-16(12-17(15)29-21)28-11-5-10-23-18-6-3-4-9-22-18/h3-4,6-9,12H,5,10-11,13-14H2,1-2H3,(H,22,23)(H,25,26). The second-order valence-electron chi connectivity index (χ2n) is 7.28. The number of nitrogens with one attached hydrogen (secondary N) is 1. The zero-order valence-electron chi connectivity index (χ0n) is 16.6. The Morgan fingerprint density at radius 1 is 1.34 bits per heavy atom. The number of carbonyl (C=O) groups excluding carboxylic acids is 1. The summed E-state index contributed by atoms with van der Waals surface area (Å²) in [6, 6.07) is 11.0. The summed E-state index contributed by atoms with van der Waals surface area (Å²) in [5, 5.41) is 12.3. The number of hydrogen-bond donors (Lipinski definition) is 2. The van der Waals surface area contributed by atoms with Gasteiger partial charge in [0.2, 0.25) is 0 Å². The molecular weight excluding hydrogens is 374 g/mol. The van der Waals surface area contributed by atoms with Crippen LogP contribution in [-0.4, -0.2) is 52.2 Å². The van der Waals surface area contributed by atoms with Gasteiger partial charge in [-0.3, -0.25) is 9.59 Å². The monoisotopic (exact) mass is 399 g/mol. The SMILES string of the molecule is CC1(C)Oc2cc(OCCCNc3ccccn3)ccc2CN(CC(=O)O)C1=O. The Balaban J connectivity index is 1.60. The van der Waals surface area contributed by atoms with Crippen molar-refractivity contribution in [3.8, 4) is 11.5 Å². The molecule has 1 aliphatic rings. The summed E-state index contributed by atoms with van der Waals surface area (Å²) in [6.07, 6.45) is 2.52. The number of carboxylic acids is 1. The molecule has 8 heteroatoms. The summed E-state index contributed by atoms with van der Waals surface area (Å²) in [4.78, 5) is 29.2. The number of aromatic nitrogens is 1. The Bertz CT molecular complexity index is 870. The van der Waals surface area contributed by atoms with E-state index in [4.69, 9.17) is 14.6 Å². The molecule has 0 fully saturated rings. The molecule has 0 atom stereocenters. The minimum atomic E-state index is -1.16. The summed E-state index contributed by atoms with van der Waals surface area (Å²) in [6.45, 7) is 4.31. The molecule has 3 rings (SSSR count). The molecule has 0 saturated heterocycles. The Morgan fingerprint density at radius 2 is 2.17 bits per heavy atom. The fourth-order valence-corrected chi connectivity index (χ4v) is 3.06. The average molecular weight is 399 g/mol. The molecule has 2 heterocycles. The largest absolute Gasteiger partial charge is 0.493 e. The fourth-order valence-electron chi connectivity index (χ4n) is 3.06. The number of anilines is 1. The van der Waals surface area contributed by atoms with Gasteiger partial charge in [0.1, 0.15) is 23.9 Å². The van der Waals surface area contributed by atoms with Crippen LogP contribution < -0.4 is 14.8 Å². The fraction of sp³-hybridized carbons (Fsp3) is 0.381. The quantitative estimate of drug-likeness (QED) is 0.658. The van der Waals surface area contributed by atoms with E-state index in [-0.39, 0.29) is 19.0 Å². The molecule has 0 spiro atoms. The average Bonchev–Trinajstić information content (AvgIpc) is 2.76. The van der Waals surface area contributed by atoms with Gasteiger partial charge in [0, 0.05) is 24.4 Å². The highest BCUT2D eigenvalue weighted by Gasteiger charge is 2.38. The Hall–Kier alpha value is -3.29. The summed E-state index contributed by atoms with van der Waals surface area (Å²) < 4.78 is 11.7. The number of hydrogen-bond acceptors (Lipinski definition) is 6. The molecule has 1 aliphatic heterocycles. The van der Waals surface area contributed by atoms with E-state index in [0.717, 1.165) is 24.3 Å². The number of nitrogens with zero attached hydrogens (tertiary/aromatic N) is 2. The van der Waals surface area contributed by atoms with Gasteiger partial charge in [0.25, 0.3) is 5.91 Å². The van der Waals surface area contributed by atoms with Crippen molar-refractivity contribution in [1.82, 2.24) is 9.88 Å². The van der Waals surface area contributed by atoms with Crippen molar-refractivity contribution < 1.29 is 24.2 Å². The highest BCUT2D eigenvalue weighted by atomic mass is 16.5. The van der Waals surface area contributed by atoms with Crippen molar-refractivity contribution in [2.24, 2.45) is 0 Å². The first-order valence-electron chi connectivity index (χ1n) is 9.46. The Kier molecular flexibility index (Phi) is 6.21. The first-order chi connectivity index (χ1) is 13.8. The van der Waals surface area contributed by atoms with Gasteiger partial charge in [-0.15, -0.1) is 0 Å². The van der Waals surface area contributed by atoms with Crippen molar-refractivity contribution in [1.29, 1.82) is 0 Å².